The van der Waals surface area contributed by atoms with Gasteiger partial charge in [-0.15, -0.1) is 10.2 Å². The first-order valence-electron chi connectivity index (χ1n) is 9.68. The first-order valence-corrected chi connectivity index (χ1v) is 10.7. The lowest BCUT2D eigenvalue weighted by atomic mass is 10.2. The van der Waals surface area contributed by atoms with E-state index in [0.29, 0.717) is 28.8 Å². The van der Waals surface area contributed by atoms with Crippen LogP contribution < -0.4 is 5.32 Å². The lowest BCUT2D eigenvalue weighted by molar-refractivity contribution is -0.113. The van der Waals surface area contributed by atoms with Gasteiger partial charge in [-0.1, -0.05) is 49.9 Å². The fourth-order valence-corrected chi connectivity index (χ4v) is 3.71. The number of hydrogen-bond donors (Lipinski definition) is 1. The summed E-state index contributed by atoms with van der Waals surface area (Å²) in [5.41, 5.74) is 1.00. The van der Waals surface area contributed by atoms with Crippen LogP contribution in [0.1, 0.15) is 24.2 Å². The molecule has 1 heterocycles. The van der Waals surface area contributed by atoms with Gasteiger partial charge in [0.15, 0.2) is 11.0 Å². The van der Waals surface area contributed by atoms with E-state index < -0.39 is 5.97 Å². The topological polar surface area (TPSA) is 86.1 Å². The highest BCUT2D eigenvalue weighted by Crippen LogP contribution is 2.27. The summed E-state index contributed by atoms with van der Waals surface area (Å²) in [5, 5.41) is 11.6. The number of nitrogens with zero attached hydrogens (tertiary/aromatic N) is 3. The van der Waals surface area contributed by atoms with Crippen molar-refractivity contribution >= 4 is 29.3 Å². The van der Waals surface area contributed by atoms with E-state index in [9.17, 15) is 14.0 Å². The molecule has 31 heavy (non-hydrogen) atoms. The number of anilines is 1. The van der Waals surface area contributed by atoms with Crippen LogP contribution in [0.15, 0.2) is 53.7 Å². The number of thioether (sulfide) groups is 1. The molecule has 1 amide bonds. The molecule has 0 saturated heterocycles. The van der Waals surface area contributed by atoms with E-state index in [-0.39, 0.29) is 29.0 Å². The third-order valence-electron chi connectivity index (χ3n) is 4.32. The summed E-state index contributed by atoms with van der Waals surface area (Å²) in [6.07, 6.45) is 0. The Morgan fingerprint density at radius 2 is 1.84 bits per heavy atom. The predicted molar refractivity (Wildman–Crippen MR) is 117 cm³/mol. The number of methoxy groups -OCH3 is 1. The van der Waals surface area contributed by atoms with E-state index in [4.69, 9.17) is 4.74 Å². The van der Waals surface area contributed by atoms with Crippen LogP contribution in [-0.4, -0.2) is 39.5 Å². The second-order valence-electron chi connectivity index (χ2n) is 7.16. The first-order chi connectivity index (χ1) is 14.9. The number of para-hydroxylation sites is 1. The molecule has 162 valence electrons. The Bertz CT molecular complexity index is 1080. The summed E-state index contributed by atoms with van der Waals surface area (Å²) in [6.45, 7) is 4.65. The molecule has 0 spiro atoms. The predicted octanol–water partition coefficient (Wildman–Crippen LogP) is 4.26. The molecule has 0 aliphatic carbocycles. The van der Waals surface area contributed by atoms with Crippen molar-refractivity contribution in [2.45, 2.75) is 25.5 Å². The molecule has 2 aromatic carbocycles. The molecule has 0 aliphatic rings. The Labute approximate surface area is 184 Å². The minimum atomic E-state index is -0.533. The van der Waals surface area contributed by atoms with Gasteiger partial charge >= 0.3 is 5.97 Å². The number of benzene rings is 2. The van der Waals surface area contributed by atoms with E-state index in [0.717, 1.165) is 0 Å². The van der Waals surface area contributed by atoms with Crippen LogP contribution in [0.3, 0.4) is 0 Å². The lowest BCUT2D eigenvalue weighted by Gasteiger charge is -2.13. The zero-order valence-corrected chi connectivity index (χ0v) is 18.3. The standard InChI is InChI=1S/C22H23FN4O3S/c1-14(2)12-27-20(15-8-4-6-10-17(15)23)25-26-22(27)31-13-19(28)24-18-11-7-5-9-16(18)21(29)30-3/h4-11,14H,12-13H2,1-3H3,(H,24,28). The fraction of sp³-hybridized carbons (Fsp3) is 0.273. The maximum absolute atomic E-state index is 14.3. The van der Waals surface area contributed by atoms with Crippen molar-refractivity contribution in [3.05, 3.63) is 59.9 Å². The number of esters is 1. The van der Waals surface area contributed by atoms with Crippen molar-refractivity contribution in [1.29, 1.82) is 0 Å². The van der Waals surface area contributed by atoms with Crippen molar-refractivity contribution < 1.29 is 18.7 Å². The van der Waals surface area contributed by atoms with Gasteiger partial charge in [0.1, 0.15) is 5.82 Å². The van der Waals surface area contributed by atoms with Gasteiger partial charge in [-0.05, 0) is 30.2 Å². The van der Waals surface area contributed by atoms with Crippen LogP contribution in [0.2, 0.25) is 0 Å². The number of carbonyl (C=O) groups excluding carboxylic acids is 2. The zero-order valence-electron chi connectivity index (χ0n) is 17.5. The number of halogens is 1. The average molecular weight is 443 g/mol. The van der Waals surface area contributed by atoms with Gasteiger partial charge in [0, 0.05) is 6.54 Å². The molecule has 0 unspecified atom stereocenters. The van der Waals surface area contributed by atoms with Crippen LogP contribution >= 0.6 is 11.8 Å². The molecule has 1 N–H and O–H groups in total. The van der Waals surface area contributed by atoms with Crippen LogP contribution in [0.5, 0.6) is 0 Å². The van der Waals surface area contributed by atoms with Gasteiger partial charge in [0.05, 0.1) is 29.7 Å². The third kappa shape index (κ3) is 5.49. The van der Waals surface area contributed by atoms with Gasteiger partial charge in [-0.25, -0.2) is 9.18 Å². The number of ether oxygens (including phenoxy) is 1. The molecule has 3 aromatic rings. The molecule has 0 bridgehead atoms. The van der Waals surface area contributed by atoms with Crippen molar-refractivity contribution in [2.24, 2.45) is 5.92 Å². The van der Waals surface area contributed by atoms with Crippen molar-refractivity contribution in [1.82, 2.24) is 14.8 Å². The quantitative estimate of drug-likeness (QED) is 0.414. The number of nitrogens with one attached hydrogen (secondary N) is 1. The SMILES string of the molecule is COC(=O)c1ccccc1NC(=O)CSc1nnc(-c2ccccc2F)n1CC(C)C. The summed E-state index contributed by atoms with van der Waals surface area (Å²) < 4.78 is 20.9. The summed E-state index contributed by atoms with van der Waals surface area (Å²) in [4.78, 5) is 24.4. The van der Waals surface area contributed by atoms with Gasteiger partial charge < -0.3 is 14.6 Å². The Balaban J connectivity index is 1.77. The Hall–Kier alpha value is -3.20. The molecular weight excluding hydrogens is 419 g/mol. The van der Waals surface area contributed by atoms with Gasteiger partial charge in [0.25, 0.3) is 0 Å². The first kappa shape index (κ1) is 22.5. The normalized spacial score (nSPS) is 10.9. The van der Waals surface area contributed by atoms with Crippen LogP contribution in [0, 0.1) is 11.7 Å². The molecule has 0 fully saturated rings. The fourth-order valence-electron chi connectivity index (χ4n) is 2.96. The lowest BCUT2D eigenvalue weighted by Crippen LogP contribution is -2.17. The summed E-state index contributed by atoms with van der Waals surface area (Å²) in [6, 6.07) is 13.0. The second-order valence-corrected chi connectivity index (χ2v) is 8.11. The number of aromatic nitrogens is 3. The van der Waals surface area contributed by atoms with Crippen LogP contribution in [-0.2, 0) is 16.1 Å². The smallest absolute Gasteiger partial charge is 0.339 e. The largest absolute Gasteiger partial charge is 0.465 e. The van der Waals surface area contributed by atoms with Gasteiger partial charge in [0.2, 0.25) is 5.91 Å². The highest BCUT2D eigenvalue weighted by atomic mass is 32.2. The molecular formula is C22H23FN4O3S. The van der Waals surface area contributed by atoms with Crippen molar-refractivity contribution in [2.75, 3.05) is 18.2 Å². The molecule has 7 nitrogen and oxygen atoms in total. The van der Waals surface area contributed by atoms with Gasteiger partial charge in [-0.3, -0.25) is 4.79 Å². The molecule has 9 heteroatoms. The number of carbonyl (C=O) groups is 2. The summed E-state index contributed by atoms with van der Waals surface area (Å²) in [7, 11) is 1.28. The molecule has 1 aromatic heterocycles. The van der Waals surface area contributed by atoms with E-state index in [1.165, 1.54) is 24.9 Å². The molecule has 0 atom stereocenters. The minimum Gasteiger partial charge on any atom is -0.465 e. The molecule has 0 saturated carbocycles. The highest BCUT2D eigenvalue weighted by Gasteiger charge is 2.19. The summed E-state index contributed by atoms with van der Waals surface area (Å²) >= 11 is 1.20. The summed E-state index contributed by atoms with van der Waals surface area (Å²) in [5.74, 6) is -0.494. The van der Waals surface area contributed by atoms with E-state index in [1.54, 1.807) is 42.5 Å². The van der Waals surface area contributed by atoms with Crippen LogP contribution in [0.25, 0.3) is 11.4 Å². The zero-order chi connectivity index (χ0) is 22.4. The molecule has 0 radical (unpaired) electrons. The van der Waals surface area contributed by atoms with E-state index >= 15 is 0 Å². The highest BCUT2D eigenvalue weighted by molar-refractivity contribution is 7.99. The molecule has 3 rings (SSSR count). The van der Waals surface area contributed by atoms with Crippen molar-refractivity contribution in [3.8, 4) is 11.4 Å². The average Bonchev–Trinajstić information content (AvgIpc) is 3.14. The third-order valence-corrected chi connectivity index (χ3v) is 5.28. The number of rotatable bonds is 8. The monoisotopic (exact) mass is 442 g/mol. The minimum absolute atomic E-state index is 0.0447. The van der Waals surface area contributed by atoms with Gasteiger partial charge in [-0.2, -0.15) is 0 Å². The second kappa shape index (κ2) is 10.2. The van der Waals surface area contributed by atoms with E-state index in [2.05, 4.69) is 15.5 Å². The van der Waals surface area contributed by atoms with E-state index in [1.807, 2.05) is 18.4 Å². The van der Waals surface area contributed by atoms with Crippen molar-refractivity contribution in [3.63, 3.8) is 0 Å². The Morgan fingerprint density at radius 3 is 2.55 bits per heavy atom. The maximum Gasteiger partial charge on any atom is 0.339 e. The Morgan fingerprint density at radius 1 is 1.13 bits per heavy atom. The van der Waals surface area contributed by atoms with Crippen LogP contribution in [0.4, 0.5) is 10.1 Å². The Kier molecular flexibility index (Phi) is 7.41. The number of hydrogen-bond acceptors (Lipinski definition) is 6. The molecule has 0 aliphatic heterocycles. The maximum atomic E-state index is 14.3. The number of amides is 1.